The van der Waals surface area contributed by atoms with Gasteiger partial charge in [0.2, 0.25) is 0 Å². The molecule has 0 aromatic heterocycles. The van der Waals surface area contributed by atoms with Gasteiger partial charge in [0.1, 0.15) is 0 Å². The normalized spacial score (nSPS) is 41.3. The molecule has 2 aliphatic heterocycles. The fourth-order valence-corrected chi connectivity index (χ4v) is 18.8. The third kappa shape index (κ3) is 5.28. The van der Waals surface area contributed by atoms with Crippen molar-refractivity contribution in [2.45, 2.75) is 136 Å². The predicted octanol–water partition coefficient (Wildman–Crippen LogP) is 8.86. The summed E-state index contributed by atoms with van der Waals surface area (Å²) in [5.41, 5.74) is 0.632. The van der Waals surface area contributed by atoms with E-state index in [1.165, 1.54) is 81.1 Å². The lowest BCUT2D eigenvalue weighted by atomic mass is 9.44. The van der Waals surface area contributed by atoms with Gasteiger partial charge < -0.3 is 9.16 Å². The standard InChI is InChI=1S/C45H65NO3Si/c1-8-48-42(47)40-38-22-19-30(2)29-46(38)39-28-37-35-21-20-31-27-32(23-25-44(31,6)36(35)24-26-45(37,7)41(39)40)49-50(43(3,4)5,33-15-11-9-12-16-33)34-17-13-10-14-18-34/h9-18,30-32,35-41H,8,19-29H2,1-7H3/t30-,31-,32-,35+,36-,37-,38+,39-,40+,41+,44-,45-/m0/s1. The Morgan fingerprint density at radius 3 is 2.12 bits per heavy atom. The molecule has 0 amide bonds. The minimum Gasteiger partial charge on any atom is -0.466 e. The first-order valence-corrected chi connectivity index (χ1v) is 22.5. The Balaban J connectivity index is 1.05. The Hall–Kier alpha value is -1.95. The van der Waals surface area contributed by atoms with Crippen molar-refractivity contribution >= 4 is 24.7 Å². The van der Waals surface area contributed by atoms with Crippen LogP contribution in [0.15, 0.2) is 60.7 Å². The van der Waals surface area contributed by atoms with Crippen molar-refractivity contribution < 1.29 is 14.0 Å². The van der Waals surface area contributed by atoms with Crippen LogP contribution in [0, 0.1) is 52.3 Å². The number of esters is 1. The molecule has 0 radical (unpaired) electrons. The van der Waals surface area contributed by atoms with Crippen molar-refractivity contribution in [3.05, 3.63) is 60.7 Å². The average molecular weight is 696 g/mol. The second-order valence-corrected chi connectivity index (χ2v) is 23.7. The van der Waals surface area contributed by atoms with Crippen molar-refractivity contribution in [1.29, 1.82) is 0 Å². The summed E-state index contributed by atoms with van der Waals surface area (Å²) in [6.07, 6.45) is 13.0. The highest BCUT2D eigenvalue weighted by atomic mass is 28.4. The van der Waals surface area contributed by atoms with E-state index in [0.29, 0.717) is 36.1 Å². The zero-order valence-corrected chi connectivity index (χ0v) is 33.2. The molecule has 2 heterocycles. The first kappa shape index (κ1) is 35.1. The van der Waals surface area contributed by atoms with Crippen LogP contribution < -0.4 is 10.4 Å². The summed E-state index contributed by atoms with van der Waals surface area (Å²) in [5.74, 6) is 4.42. The third-order valence-electron chi connectivity index (χ3n) is 16.2. The van der Waals surface area contributed by atoms with Crippen molar-refractivity contribution in [3.8, 4) is 0 Å². The number of benzene rings is 2. The second-order valence-electron chi connectivity index (χ2n) is 19.4. The summed E-state index contributed by atoms with van der Waals surface area (Å²) in [4.78, 5) is 16.6. The van der Waals surface area contributed by atoms with Crippen LogP contribution in [0.2, 0.25) is 5.04 Å². The Bertz CT molecular complexity index is 1480. The summed E-state index contributed by atoms with van der Waals surface area (Å²) in [6, 6.07) is 23.5. The van der Waals surface area contributed by atoms with Crippen molar-refractivity contribution in [2.75, 3.05) is 13.2 Å². The van der Waals surface area contributed by atoms with Gasteiger partial charge in [0.05, 0.1) is 12.5 Å². The van der Waals surface area contributed by atoms with Gasteiger partial charge in [-0.3, -0.25) is 9.69 Å². The second kappa shape index (κ2) is 12.9. The van der Waals surface area contributed by atoms with E-state index in [9.17, 15) is 4.79 Å². The molecule has 2 aromatic carbocycles. The number of carbonyl (C=O) groups excluding carboxylic acids is 1. The fraction of sp³-hybridized carbons (Fsp3) is 0.711. The molecule has 2 saturated heterocycles. The maximum Gasteiger partial charge on any atom is 0.310 e. The third-order valence-corrected chi connectivity index (χ3v) is 21.3. The number of ether oxygens (including phenoxy) is 1. The van der Waals surface area contributed by atoms with E-state index in [1.54, 1.807) is 0 Å². The van der Waals surface area contributed by atoms with Crippen LogP contribution in [0.1, 0.15) is 113 Å². The van der Waals surface area contributed by atoms with Crippen LogP contribution in [0.4, 0.5) is 0 Å². The summed E-state index contributed by atoms with van der Waals surface area (Å²) < 4.78 is 13.7. The predicted molar refractivity (Wildman–Crippen MR) is 206 cm³/mol. The lowest BCUT2D eigenvalue weighted by Gasteiger charge is -2.61. The highest BCUT2D eigenvalue weighted by Gasteiger charge is 2.69. The summed E-state index contributed by atoms with van der Waals surface area (Å²) >= 11 is 0. The highest BCUT2D eigenvalue weighted by molar-refractivity contribution is 6.99. The molecule has 4 nitrogen and oxygen atoms in total. The topological polar surface area (TPSA) is 38.8 Å². The molecule has 6 aliphatic rings. The molecular formula is C45H65NO3Si. The number of hydrogen-bond acceptors (Lipinski definition) is 4. The van der Waals surface area contributed by atoms with Gasteiger partial charge in [-0.2, -0.15) is 0 Å². The van der Waals surface area contributed by atoms with Crippen LogP contribution in [0.25, 0.3) is 0 Å². The van der Waals surface area contributed by atoms with Gasteiger partial charge in [-0.1, -0.05) is 102 Å². The lowest BCUT2D eigenvalue weighted by Crippen LogP contribution is -2.68. The number of piperidine rings is 1. The number of carbonyl (C=O) groups is 1. The molecule has 4 saturated carbocycles. The molecule has 4 aliphatic carbocycles. The zero-order chi connectivity index (χ0) is 35.1. The SMILES string of the molecule is CCOC(=O)[C@H]1[C@H]2[C@H](C[C@H]3[C@@H]4CC[C@H]5C[C@@H](O[Si](c6ccccc6)(c6ccccc6)C(C)(C)C)CC[C@]5(C)[C@H]4CC[C@]23C)N2C[C@@H](C)CC[C@H]12. The smallest absolute Gasteiger partial charge is 0.310 e. The maximum absolute atomic E-state index is 13.8. The molecule has 0 bridgehead atoms. The van der Waals surface area contributed by atoms with Gasteiger partial charge in [-0.05, 0) is 133 Å². The molecule has 8 rings (SSSR count). The molecule has 0 unspecified atom stereocenters. The molecular weight excluding hydrogens is 631 g/mol. The number of nitrogens with zero attached hydrogens (tertiary/aromatic N) is 1. The van der Waals surface area contributed by atoms with Crippen LogP contribution in [-0.2, 0) is 14.0 Å². The minimum absolute atomic E-state index is 0.00898. The number of rotatable bonds is 6. The van der Waals surface area contributed by atoms with Crippen molar-refractivity contribution in [2.24, 2.45) is 52.3 Å². The van der Waals surface area contributed by atoms with Crippen LogP contribution in [0.3, 0.4) is 0 Å². The zero-order valence-electron chi connectivity index (χ0n) is 32.2. The summed E-state index contributed by atoms with van der Waals surface area (Å²) in [7, 11) is -2.58. The Morgan fingerprint density at radius 2 is 1.48 bits per heavy atom. The highest BCUT2D eigenvalue weighted by Crippen LogP contribution is 2.71. The van der Waals surface area contributed by atoms with E-state index in [2.05, 4.69) is 107 Å². The number of fused-ring (bicyclic) bond motifs is 9. The summed E-state index contributed by atoms with van der Waals surface area (Å²) in [6.45, 7) is 18.7. The Morgan fingerprint density at radius 1 is 0.820 bits per heavy atom. The molecule has 272 valence electrons. The lowest BCUT2D eigenvalue weighted by molar-refractivity contribution is -0.156. The monoisotopic (exact) mass is 695 g/mol. The molecule has 0 N–H and O–H groups in total. The van der Waals surface area contributed by atoms with E-state index in [0.717, 1.165) is 29.6 Å². The van der Waals surface area contributed by atoms with E-state index < -0.39 is 8.32 Å². The van der Waals surface area contributed by atoms with E-state index in [4.69, 9.17) is 9.16 Å². The first-order chi connectivity index (χ1) is 23.9. The van der Waals surface area contributed by atoms with Crippen LogP contribution >= 0.6 is 0 Å². The van der Waals surface area contributed by atoms with Crippen molar-refractivity contribution in [3.63, 3.8) is 0 Å². The van der Waals surface area contributed by atoms with Crippen LogP contribution in [-0.4, -0.2) is 50.5 Å². The Kier molecular flexibility index (Phi) is 9.03. The van der Waals surface area contributed by atoms with Gasteiger partial charge in [0.25, 0.3) is 8.32 Å². The molecule has 2 aromatic rings. The maximum atomic E-state index is 13.8. The van der Waals surface area contributed by atoms with E-state index in [1.807, 2.05) is 6.92 Å². The van der Waals surface area contributed by atoms with Gasteiger partial charge in [-0.15, -0.1) is 0 Å². The average Bonchev–Trinajstić information content (AvgIpc) is 3.59. The van der Waals surface area contributed by atoms with Gasteiger partial charge in [0.15, 0.2) is 0 Å². The molecule has 6 fully saturated rings. The number of hydrogen-bond donors (Lipinski definition) is 0. The first-order valence-electron chi connectivity index (χ1n) is 20.6. The summed E-state index contributed by atoms with van der Waals surface area (Å²) in [5, 5.41) is 2.82. The van der Waals surface area contributed by atoms with E-state index >= 15 is 0 Å². The molecule has 50 heavy (non-hydrogen) atoms. The van der Waals surface area contributed by atoms with Gasteiger partial charge >= 0.3 is 5.97 Å². The molecule has 5 heteroatoms. The largest absolute Gasteiger partial charge is 0.466 e. The van der Waals surface area contributed by atoms with Gasteiger partial charge in [0, 0.05) is 24.7 Å². The van der Waals surface area contributed by atoms with Crippen LogP contribution in [0.5, 0.6) is 0 Å². The fourth-order valence-electron chi connectivity index (χ4n) is 14.1. The van der Waals surface area contributed by atoms with E-state index in [-0.39, 0.29) is 22.3 Å². The molecule has 12 atom stereocenters. The van der Waals surface area contributed by atoms with Gasteiger partial charge in [-0.25, -0.2) is 0 Å². The Labute approximate surface area is 304 Å². The quantitative estimate of drug-likeness (QED) is 0.224. The molecule has 0 spiro atoms. The minimum atomic E-state index is -2.58. The van der Waals surface area contributed by atoms with Crippen molar-refractivity contribution in [1.82, 2.24) is 4.90 Å².